The van der Waals surface area contributed by atoms with Crippen molar-refractivity contribution in [3.63, 3.8) is 0 Å². The third-order valence-electron chi connectivity index (χ3n) is 4.32. The summed E-state index contributed by atoms with van der Waals surface area (Å²) in [5, 5.41) is 5.28. The molecule has 2 aliphatic rings. The van der Waals surface area contributed by atoms with Crippen molar-refractivity contribution in [1.29, 1.82) is 0 Å². The lowest BCUT2D eigenvalue weighted by Crippen LogP contribution is -2.49. The van der Waals surface area contributed by atoms with Crippen LogP contribution in [0.15, 0.2) is 0 Å². The molecule has 0 saturated carbocycles. The highest BCUT2D eigenvalue weighted by atomic mass is 19.4. The molecule has 2 aliphatic heterocycles. The Morgan fingerprint density at radius 2 is 2.16 bits per heavy atom. The molecule has 2 heterocycles. The number of halogens is 3. The van der Waals surface area contributed by atoms with E-state index in [0.717, 1.165) is 19.6 Å². The summed E-state index contributed by atoms with van der Waals surface area (Å²) in [4.78, 5) is 13.8. The third kappa shape index (κ3) is 3.20. The monoisotopic (exact) mass is 279 g/mol. The van der Waals surface area contributed by atoms with E-state index >= 15 is 0 Å². The van der Waals surface area contributed by atoms with E-state index in [-0.39, 0.29) is 6.04 Å². The van der Waals surface area contributed by atoms with Crippen LogP contribution in [0, 0.1) is 11.8 Å². The minimum Gasteiger partial charge on any atom is -0.346 e. The van der Waals surface area contributed by atoms with Gasteiger partial charge in [-0.2, -0.15) is 13.2 Å². The Morgan fingerprint density at radius 1 is 1.47 bits per heavy atom. The molecule has 0 aromatic carbocycles. The fourth-order valence-electron chi connectivity index (χ4n) is 3.20. The van der Waals surface area contributed by atoms with Gasteiger partial charge in [-0.3, -0.25) is 9.69 Å². The smallest absolute Gasteiger partial charge is 0.346 e. The molecule has 2 fully saturated rings. The average molecular weight is 279 g/mol. The van der Waals surface area contributed by atoms with Crippen LogP contribution in [-0.2, 0) is 4.79 Å². The van der Waals surface area contributed by atoms with Gasteiger partial charge in [-0.1, -0.05) is 0 Å². The molecule has 0 aromatic rings. The standard InChI is InChI=1S/C12H20F3N3O/c1-7-10-4-16-3-9(10)5-18(7)8(2)11(19)17-6-12(13,14)15/h7-10,16H,3-6H2,1-2H3,(H,17,19). The number of likely N-dealkylation sites (tertiary alicyclic amines) is 1. The number of nitrogens with zero attached hydrogens (tertiary/aromatic N) is 1. The number of nitrogens with one attached hydrogen (secondary N) is 2. The molecule has 1 amide bonds. The van der Waals surface area contributed by atoms with Crippen molar-refractivity contribution in [1.82, 2.24) is 15.5 Å². The van der Waals surface area contributed by atoms with E-state index in [9.17, 15) is 18.0 Å². The summed E-state index contributed by atoms with van der Waals surface area (Å²) < 4.78 is 36.3. The Bertz CT molecular complexity index is 348. The third-order valence-corrected chi connectivity index (χ3v) is 4.32. The van der Waals surface area contributed by atoms with E-state index in [1.165, 1.54) is 0 Å². The maximum Gasteiger partial charge on any atom is 0.405 e. The van der Waals surface area contributed by atoms with E-state index in [1.54, 1.807) is 6.92 Å². The van der Waals surface area contributed by atoms with Gasteiger partial charge in [0.15, 0.2) is 0 Å². The Kier molecular flexibility index (Phi) is 4.06. The van der Waals surface area contributed by atoms with Gasteiger partial charge in [0.05, 0.1) is 6.04 Å². The van der Waals surface area contributed by atoms with Gasteiger partial charge < -0.3 is 10.6 Å². The van der Waals surface area contributed by atoms with E-state index in [0.29, 0.717) is 11.8 Å². The lowest BCUT2D eigenvalue weighted by atomic mass is 9.95. The minimum atomic E-state index is -4.35. The summed E-state index contributed by atoms with van der Waals surface area (Å²) in [6.07, 6.45) is -4.35. The number of hydrogen-bond acceptors (Lipinski definition) is 3. The summed E-state index contributed by atoms with van der Waals surface area (Å²) >= 11 is 0. The maximum atomic E-state index is 12.1. The van der Waals surface area contributed by atoms with Crippen LogP contribution >= 0.6 is 0 Å². The molecule has 0 spiro atoms. The summed E-state index contributed by atoms with van der Waals surface area (Å²) in [7, 11) is 0. The molecule has 0 aromatic heterocycles. The second-order valence-electron chi connectivity index (χ2n) is 5.53. The molecule has 4 nitrogen and oxygen atoms in total. The molecule has 0 aliphatic carbocycles. The number of hydrogen-bond donors (Lipinski definition) is 2. The molecule has 19 heavy (non-hydrogen) atoms. The van der Waals surface area contributed by atoms with Crippen LogP contribution in [0.2, 0.25) is 0 Å². The summed E-state index contributed by atoms with van der Waals surface area (Å²) in [6.45, 7) is 5.11. The number of amides is 1. The SMILES string of the molecule is CC(C(=O)NCC(F)(F)F)N1CC2CNCC2C1C. The fraction of sp³-hybridized carbons (Fsp3) is 0.917. The van der Waals surface area contributed by atoms with E-state index < -0.39 is 24.7 Å². The number of alkyl halides is 3. The van der Waals surface area contributed by atoms with Gasteiger partial charge in [0.25, 0.3) is 0 Å². The average Bonchev–Trinajstić information content (AvgIpc) is 2.88. The fourth-order valence-corrected chi connectivity index (χ4v) is 3.20. The van der Waals surface area contributed by atoms with Gasteiger partial charge in [0.2, 0.25) is 5.91 Å². The van der Waals surface area contributed by atoms with Gasteiger partial charge in [-0.15, -0.1) is 0 Å². The largest absolute Gasteiger partial charge is 0.405 e. The molecule has 0 radical (unpaired) electrons. The minimum absolute atomic E-state index is 0.228. The predicted molar refractivity (Wildman–Crippen MR) is 64.5 cm³/mol. The molecule has 2 rings (SSSR count). The quantitative estimate of drug-likeness (QED) is 0.795. The van der Waals surface area contributed by atoms with Gasteiger partial charge in [0.1, 0.15) is 6.54 Å². The second kappa shape index (κ2) is 5.28. The second-order valence-corrected chi connectivity index (χ2v) is 5.53. The molecule has 110 valence electrons. The van der Waals surface area contributed by atoms with Gasteiger partial charge in [0, 0.05) is 12.6 Å². The lowest BCUT2D eigenvalue weighted by Gasteiger charge is -2.29. The van der Waals surface area contributed by atoms with Crippen LogP contribution in [0.3, 0.4) is 0 Å². The van der Waals surface area contributed by atoms with Gasteiger partial charge in [-0.25, -0.2) is 0 Å². The molecular weight excluding hydrogens is 259 g/mol. The van der Waals surface area contributed by atoms with Crippen molar-refractivity contribution in [2.24, 2.45) is 11.8 Å². The lowest BCUT2D eigenvalue weighted by molar-refractivity contribution is -0.141. The molecule has 4 unspecified atom stereocenters. The van der Waals surface area contributed by atoms with Crippen LogP contribution in [0.4, 0.5) is 13.2 Å². The van der Waals surface area contributed by atoms with Crippen molar-refractivity contribution in [3.05, 3.63) is 0 Å². The molecule has 4 atom stereocenters. The number of carbonyl (C=O) groups excluding carboxylic acids is 1. The van der Waals surface area contributed by atoms with E-state index in [1.807, 2.05) is 17.1 Å². The summed E-state index contributed by atoms with van der Waals surface area (Å²) in [5.74, 6) is 0.461. The van der Waals surface area contributed by atoms with Crippen LogP contribution in [0.1, 0.15) is 13.8 Å². The molecule has 2 saturated heterocycles. The highest BCUT2D eigenvalue weighted by Gasteiger charge is 2.44. The number of carbonyl (C=O) groups is 1. The topological polar surface area (TPSA) is 44.4 Å². The van der Waals surface area contributed by atoms with Crippen molar-refractivity contribution < 1.29 is 18.0 Å². The van der Waals surface area contributed by atoms with E-state index in [4.69, 9.17) is 0 Å². The van der Waals surface area contributed by atoms with Crippen LogP contribution in [0.5, 0.6) is 0 Å². The maximum absolute atomic E-state index is 12.1. The first-order valence-corrected chi connectivity index (χ1v) is 6.60. The molecule has 0 bridgehead atoms. The molecule has 7 heteroatoms. The first kappa shape index (κ1) is 14.6. The summed E-state index contributed by atoms with van der Waals surface area (Å²) in [6, 6.07) is -0.283. The Balaban J connectivity index is 1.89. The number of rotatable bonds is 3. The zero-order valence-corrected chi connectivity index (χ0v) is 11.1. The predicted octanol–water partition coefficient (Wildman–Crippen LogP) is 0.593. The highest BCUT2D eigenvalue weighted by Crippen LogP contribution is 2.33. The van der Waals surface area contributed by atoms with Crippen LogP contribution < -0.4 is 10.6 Å². The van der Waals surface area contributed by atoms with Crippen molar-refractivity contribution in [3.8, 4) is 0 Å². The molecular formula is C12H20F3N3O. The van der Waals surface area contributed by atoms with Crippen molar-refractivity contribution in [2.75, 3.05) is 26.2 Å². The Morgan fingerprint density at radius 3 is 2.74 bits per heavy atom. The first-order chi connectivity index (χ1) is 8.79. The van der Waals surface area contributed by atoms with Gasteiger partial charge in [-0.05, 0) is 38.8 Å². The Labute approximate surface area is 110 Å². The molecule has 2 N–H and O–H groups in total. The van der Waals surface area contributed by atoms with Crippen molar-refractivity contribution >= 4 is 5.91 Å². The zero-order valence-electron chi connectivity index (χ0n) is 11.1. The first-order valence-electron chi connectivity index (χ1n) is 6.60. The van der Waals surface area contributed by atoms with Crippen LogP contribution in [0.25, 0.3) is 0 Å². The highest BCUT2D eigenvalue weighted by molar-refractivity contribution is 5.81. The van der Waals surface area contributed by atoms with Crippen molar-refractivity contribution in [2.45, 2.75) is 32.1 Å². The van der Waals surface area contributed by atoms with Gasteiger partial charge >= 0.3 is 6.18 Å². The normalized spacial score (nSPS) is 33.2. The zero-order chi connectivity index (χ0) is 14.2. The van der Waals surface area contributed by atoms with Crippen LogP contribution in [-0.4, -0.2) is 55.2 Å². The Hall–Kier alpha value is -0.820. The summed E-state index contributed by atoms with van der Waals surface area (Å²) in [5.41, 5.74) is 0. The number of fused-ring (bicyclic) bond motifs is 1. The van der Waals surface area contributed by atoms with E-state index in [2.05, 4.69) is 5.32 Å².